The van der Waals surface area contributed by atoms with Gasteiger partial charge < -0.3 is 21.5 Å². The van der Waals surface area contributed by atoms with Crippen LogP contribution in [-0.4, -0.2) is 46.8 Å². The maximum atomic E-state index is 11.9. The van der Waals surface area contributed by atoms with Gasteiger partial charge in [0, 0.05) is 5.75 Å². The summed E-state index contributed by atoms with van der Waals surface area (Å²) in [5, 5.41) is 13.9. The van der Waals surface area contributed by atoms with Crippen molar-refractivity contribution < 1.29 is 19.5 Å². The molecule has 0 saturated heterocycles. The molecule has 0 aliphatic rings. The van der Waals surface area contributed by atoms with Crippen LogP contribution in [0.2, 0.25) is 0 Å². The highest BCUT2D eigenvalue weighted by Gasteiger charge is 2.28. The van der Waals surface area contributed by atoms with Gasteiger partial charge in [-0.05, 0) is 12.8 Å². The lowest BCUT2D eigenvalue weighted by Crippen LogP contribution is -2.54. The van der Waals surface area contributed by atoms with Crippen LogP contribution in [0.3, 0.4) is 0 Å². The average molecular weight is 305 g/mol. The Bertz CT molecular complexity index is 365. The highest BCUT2D eigenvalue weighted by Crippen LogP contribution is 2.08. The van der Waals surface area contributed by atoms with Gasteiger partial charge in [-0.3, -0.25) is 9.59 Å². The lowest BCUT2D eigenvalue weighted by Gasteiger charge is -2.23. The minimum atomic E-state index is -1.10. The molecule has 5 N–H and O–H groups in total. The largest absolute Gasteiger partial charge is 0.480 e. The number of carboxylic acids is 1. The lowest BCUT2D eigenvalue weighted by molar-refractivity contribution is -0.143. The third-order valence-electron chi connectivity index (χ3n) is 3.06. The number of thiol groups is 1. The Hall–Kier alpha value is -1.28. The Balaban J connectivity index is 4.58. The van der Waals surface area contributed by atoms with E-state index in [9.17, 15) is 14.4 Å². The fourth-order valence-corrected chi connectivity index (χ4v) is 1.60. The maximum absolute atomic E-state index is 11.9. The predicted molar refractivity (Wildman–Crippen MR) is 78.5 cm³/mol. The van der Waals surface area contributed by atoms with Gasteiger partial charge in [0.05, 0.1) is 6.04 Å². The van der Waals surface area contributed by atoms with Gasteiger partial charge in [0.1, 0.15) is 12.1 Å². The summed E-state index contributed by atoms with van der Waals surface area (Å²) in [5.74, 6) is -2.21. The van der Waals surface area contributed by atoms with E-state index < -0.39 is 35.9 Å². The number of aliphatic carboxylic acids is 1. The van der Waals surface area contributed by atoms with Crippen molar-refractivity contribution in [2.75, 3.05) is 5.75 Å². The average Bonchev–Trinajstić information content (AvgIpc) is 2.41. The summed E-state index contributed by atoms with van der Waals surface area (Å²) in [6, 6.07) is -2.65. The van der Waals surface area contributed by atoms with Crippen molar-refractivity contribution in [1.82, 2.24) is 10.6 Å². The molecular formula is C12H23N3O4S. The van der Waals surface area contributed by atoms with Gasteiger partial charge in [-0.15, -0.1) is 0 Å². The molecule has 0 aromatic heterocycles. The monoisotopic (exact) mass is 305 g/mol. The zero-order valence-corrected chi connectivity index (χ0v) is 12.8. The van der Waals surface area contributed by atoms with Crippen LogP contribution in [-0.2, 0) is 14.4 Å². The summed E-state index contributed by atoms with van der Waals surface area (Å²) < 4.78 is 0. The molecule has 0 fully saturated rings. The SMILES string of the molecule is CCC(C)C(NC(=O)C(C)NC(=O)C(N)CS)C(=O)O. The zero-order chi connectivity index (χ0) is 15.9. The van der Waals surface area contributed by atoms with Gasteiger partial charge in [0.25, 0.3) is 0 Å². The zero-order valence-electron chi connectivity index (χ0n) is 11.9. The van der Waals surface area contributed by atoms with Crippen LogP contribution in [0.1, 0.15) is 27.2 Å². The molecule has 7 nitrogen and oxygen atoms in total. The first-order valence-corrected chi connectivity index (χ1v) is 7.07. The molecule has 0 aromatic carbocycles. The number of nitrogens with one attached hydrogen (secondary N) is 2. The van der Waals surface area contributed by atoms with Crippen LogP contribution in [0.25, 0.3) is 0 Å². The second-order valence-corrected chi connectivity index (χ2v) is 5.09. The van der Waals surface area contributed by atoms with Gasteiger partial charge in [-0.1, -0.05) is 20.3 Å². The maximum Gasteiger partial charge on any atom is 0.326 e. The summed E-state index contributed by atoms with van der Waals surface area (Å²) in [7, 11) is 0. The molecule has 0 aliphatic carbocycles. The quantitative estimate of drug-likeness (QED) is 0.382. The Morgan fingerprint density at radius 3 is 2.15 bits per heavy atom. The van der Waals surface area contributed by atoms with Crippen molar-refractivity contribution in [2.45, 2.75) is 45.3 Å². The normalized spacial score (nSPS) is 16.6. The molecular weight excluding hydrogens is 282 g/mol. The van der Waals surface area contributed by atoms with Gasteiger partial charge in [-0.2, -0.15) is 12.6 Å². The first kappa shape index (κ1) is 18.7. The summed E-state index contributed by atoms with van der Waals surface area (Å²) >= 11 is 3.89. The van der Waals surface area contributed by atoms with Gasteiger partial charge in [0.15, 0.2) is 0 Å². The number of amides is 2. The highest BCUT2D eigenvalue weighted by atomic mass is 32.1. The first-order valence-electron chi connectivity index (χ1n) is 6.44. The highest BCUT2D eigenvalue weighted by molar-refractivity contribution is 7.80. The molecule has 4 atom stereocenters. The van der Waals surface area contributed by atoms with E-state index in [1.807, 2.05) is 6.92 Å². The second kappa shape index (κ2) is 8.80. The number of carboxylic acid groups (broad SMARTS) is 1. The van der Waals surface area contributed by atoms with Crippen molar-refractivity contribution in [1.29, 1.82) is 0 Å². The Morgan fingerprint density at radius 2 is 1.75 bits per heavy atom. The summed E-state index contributed by atoms with van der Waals surface area (Å²) in [6.07, 6.45) is 0.614. The second-order valence-electron chi connectivity index (χ2n) is 4.73. The number of nitrogens with two attached hydrogens (primary N) is 1. The molecule has 116 valence electrons. The van der Waals surface area contributed by atoms with Crippen molar-refractivity contribution in [3.05, 3.63) is 0 Å². The van der Waals surface area contributed by atoms with Crippen LogP contribution in [0.5, 0.6) is 0 Å². The van der Waals surface area contributed by atoms with Crippen molar-refractivity contribution in [2.24, 2.45) is 11.7 Å². The third-order valence-corrected chi connectivity index (χ3v) is 3.46. The van der Waals surface area contributed by atoms with E-state index in [0.717, 1.165) is 0 Å². The van der Waals surface area contributed by atoms with Crippen LogP contribution in [0.4, 0.5) is 0 Å². The molecule has 0 saturated carbocycles. The van der Waals surface area contributed by atoms with Crippen LogP contribution < -0.4 is 16.4 Å². The number of hydrogen-bond donors (Lipinski definition) is 5. The van der Waals surface area contributed by atoms with Crippen LogP contribution in [0.15, 0.2) is 0 Å². The molecule has 0 aromatic rings. The van der Waals surface area contributed by atoms with Crippen molar-refractivity contribution in [3.63, 3.8) is 0 Å². The Labute approximate surface area is 124 Å². The fourth-order valence-electron chi connectivity index (χ4n) is 1.43. The summed E-state index contributed by atoms with van der Waals surface area (Å²) in [4.78, 5) is 34.5. The molecule has 0 heterocycles. The smallest absolute Gasteiger partial charge is 0.326 e. The lowest BCUT2D eigenvalue weighted by atomic mass is 9.99. The van der Waals surface area contributed by atoms with E-state index in [0.29, 0.717) is 6.42 Å². The third kappa shape index (κ3) is 5.79. The van der Waals surface area contributed by atoms with Crippen LogP contribution >= 0.6 is 12.6 Å². The number of carbonyl (C=O) groups is 3. The molecule has 20 heavy (non-hydrogen) atoms. The summed E-state index contributed by atoms with van der Waals surface area (Å²) in [5.41, 5.74) is 5.47. The van der Waals surface area contributed by atoms with E-state index in [2.05, 4.69) is 23.3 Å². The van der Waals surface area contributed by atoms with Gasteiger partial charge >= 0.3 is 5.97 Å². The van der Waals surface area contributed by atoms with E-state index in [-0.39, 0.29) is 11.7 Å². The Kier molecular flexibility index (Phi) is 8.24. The molecule has 4 unspecified atom stereocenters. The molecule has 0 bridgehead atoms. The minimum Gasteiger partial charge on any atom is -0.480 e. The standard InChI is InChI=1S/C12H23N3O4S/c1-4-6(2)9(12(18)19)15-10(16)7(3)14-11(17)8(13)5-20/h6-9,20H,4-5,13H2,1-3H3,(H,14,17)(H,15,16)(H,18,19). The van der Waals surface area contributed by atoms with E-state index in [4.69, 9.17) is 10.8 Å². The molecule has 2 amide bonds. The van der Waals surface area contributed by atoms with Gasteiger partial charge in [0.2, 0.25) is 11.8 Å². The first-order chi connectivity index (χ1) is 9.24. The molecule has 8 heteroatoms. The Morgan fingerprint density at radius 1 is 1.20 bits per heavy atom. The molecule has 0 radical (unpaired) electrons. The van der Waals surface area contributed by atoms with Crippen LogP contribution in [0, 0.1) is 5.92 Å². The number of carbonyl (C=O) groups excluding carboxylic acids is 2. The topological polar surface area (TPSA) is 122 Å². The summed E-state index contributed by atoms with van der Waals surface area (Å²) in [6.45, 7) is 5.04. The van der Waals surface area contributed by atoms with Gasteiger partial charge in [-0.25, -0.2) is 4.79 Å². The number of rotatable bonds is 8. The van der Waals surface area contributed by atoms with Crippen molar-refractivity contribution in [3.8, 4) is 0 Å². The van der Waals surface area contributed by atoms with E-state index in [1.165, 1.54) is 6.92 Å². The van der Waals surface area contributed by atoms with Crippen molar-refractivity contribution >= 4 is 30.4 Å². The molecule has 0 rings (SSSR count). The fraction of sp³-hybridized carbons (Fsp3) is 0.750. The predicted octanol–water partition coefficient (Wildman–Crippen LogP) is -0.636. The molecule has 0 aliphatic heterocycles. The molecule has 0 spiro atoms. The minimum absolute atomic E-state index is 0.158. The van der Waals surface area contributed by atoms with E-state index in [1.54, 1.807) is 6.92 Å². The van der Waals surface area contributed by atoms with E-state index >= 15 is 0 Å². The number of hydrogen-bond acceptors (Lipinski definition) is 5.